The average molecular weight is 288 g/mol. The summed E-state index contributed by atoms with van der Waals surface area (Å²) in [6.07, 6.45) is 1.72. The van der Waals surface area contributed by atoms with E-state index in [9.17, 15) is 0 Å². The van der Waals surface area contributed by atoms with E-state index in [0.717, 1.165) is 17.8 Å². The molecule has 0 bridgehead atoms. The van der Waals surface area contributed by atoms with Crippen molar-refractivity contribution >= 4 is 0 Å². The number of ether oxygens (including phenoxy) is 1. The smallest absolute Gasteiger partial charge is 0.226 e. The summed E-state index contributed by atoms with van der Waals surface area (Å²) in [5, 5.41) is 3.26. The molecule has 2 aromatic rings. The SMILES string of the molecule is COCCNCc1coc(-c2ccccc2C(C)(C)C)n1. The number of benzene rings is 1. The number of rotatable bonds is 6. The summed E-state index contributed by atoms with van der Waals surface area (Å²) in [5.41, 5.74) is 3.27. The van der Waals surface area contributed by atoms with Crippen LogP contribution in [0.5, 0.6) is 0 Å². The van der Waals surface area contributed by atoms with Crippen molar-refractivity contribution in [3.8, 4) is 11.5 Å². The number of hydrogen-bond donors (Lipinski definition) is 1. The summed E-state index contributed by atoms with van der Waals surface area (Å²) in [6, 6.07) is 8.27. The molecule has 4 heteroatoms. The van der Waals surface area contributed by atoms with Crippen molar-refractivity contribution < 1.29 is 9.15 Å². The Balaban J connectivity index is 2.15. The average Bonchev–Trinajstić information content (AvgIpc) is 2.91. The standard InChI is InChI=1S/C17H24N2O2/c1-17(2,3)15-8-6-5-7-14(15)16-19-13(12-21-16)11-18-9-10-20-4/h5-8,12,18H,9-11H2,1-4H3. The summed E-state index contributed by atoms with van der Waals surface area (Å²) in [6.45, 7) is 8.77. The van der Waals surface area contributed by atoms with Crippen LogP contribution in [0.1, 0.15) is 32.0 Å². The topological polar surface area (TPSA) is 47.3 Å². The monoisotopic (exact) mass is 288 g/mol. The van der Waals surface area contributed by atoms with E-state index in [4.69, 9.17) is 9.15 Å². The van der Waals surface area contributed by atoms with Crippen LogP contribution in [0.4, 0.5) is 0 Å². The van der Waals surface area contributed by atoms with Gasteiger partial charge in [0.25, 0.3) is 0 Å². The minimum absolute atomic E-state index is 0.0575. The lowest BCUT2D eigenvalue weighted by molar-refractivity contribution is 0.199. The number of aromatic nitrogens is 1. The highest BCUT2D eigenvalue weighted by molar-refractivity contribution is 5.60. The van der Waals surface area contributed by atoms with E-state index in [2.05, 4.69) is 49.3 Å². The first-order chi connectivity index (χ1) is 10.0. The molecule has 0 aliphatic rings. The maximum Gasteiger partial charge on any atom is 0.226 e. The summed E-state index contributed by atoms with van der Waals surface area (Å²) in [4.78, 5) is 4.58. The van der Waals surface area contributed by atoms with Gasteiger partial charge in [0, 0.05) is 25.8 Å². The molecule has 0 saturated heterocycles. The molecular formula is C17H24N2O2. The summed E-state index contributed by atoms with van der Waals surface area (Å²) < 4.78 is 10.7. The van der Waals surface area contributed by atoms with Gasteiger partial charge in [0.1, 0.15) is 6.26 Å². The van der Waals surface area contributed by atoms with E-state index in [1.165, 1.54) is 5.56 Å². The second kappa shape index (κ2) is 6.87. The predicted molar refractivity (Wildman–Crippen MR) is 84.2 cm³/mol. The molecule has 1 aromatic heterocycles. The Hall–Kier alpha value is -1.65. The second-order valence-corrected chi connectivity index (χ2v) is 6.11. The Bertz CT molecular complexity index is 570. The van der Waals surface area contributed by atoms with Crippen LogP contribution in [-0.2, 0) is 16.7 Å². The largest absolute Gasteiger partial charge is 0.444 e. The third-order valence-corrected chi connectivity index (χ3v) is 3.31. The lowest BCUT2D eigenvalue weighted by Gasteiger charge is -2.21. The minimum atomic E-state index is 0.0575. The number of nitrogens with one attached hydrogen (secondary N) is 1. The molecule has 2 rings (SSSR count). The van der Waals surface area contributed by atoms with Crippen LogP contribution in [0, 0.1) is 0 Å². The van der Waals surface area contributed by atoms with Gasteiger partial charge >= 0.3 is 0 Å². The van der Waals surface area contributed by atoms with Crippen molar-refractivity contribution in [2.24, 2.45) is 0 Å². The summed E-state index contributed by atoms with van der Waals surface area (Å²) >= 11 is 0. The van der Waals surface area contributed by atoms with Gasteiger partial charge in [0.15, 0.2) is 0 Å². The Labute approximate surface area is 126 Å². The molecule has 4 nitrogen and oxygen atoms in total. The third-order valence-electron chi connectivity index (χ3n) is 3.31. The first kappa shape index (κ1) is 15.7. The molecule has 0 spiro atoms. The number of methoxy groups -OCH3 is 1. The molecule has 21 heavy (non-hydrogen) atoms. The second-order valence-electron chi connectivity index (χ2n) is 6.11. The molecule has 1 heterocycles. The quantitative estimate of drug-likeness (QED) is 0.828. The Kier molecular flexibility index (Phi) is 5.15. The van der Waals surface area contributed by atoms with E-state index in [0.29, 0.717) is 19.0 Å². The molecular weight excluding hydrogens is 264 g/mol. The summed E-state index contributed by atoms with van der Waals surface area (Å²) in [7, 11) is 1.69. The normalized spacial score (nSPS) is 11.8. The zero-order valence-corrected chi connectivity index (χ0v) is 13.3. The van der Waals surface area contributed by atoms with Gasteiger partial charge in [0.2, 0.25) is 5.89 Å². The van der Waals surface area contributed by atoms with E-state index in [1.807, 2.05) is 6.07 Å². The fourth-order valence-electron chi connectivity index (χ4n) is 2.23. The third kappa shape index (κ3) is 4.16. The molecule has 1 aromatic carbocycles. The van der Waals surface area contributed by atoms with Crippen LogP contribution < -0.4 is 5.32 Å². The van der Waals surface area contributed by atoms with E-state index in [1.54, 1.807) is 13.4 Å². The first-order valence-electron chi connectivity index (χ1n) is 7.26. The van der Waals surface area contributed by atoms with Gasteiger partial charge in [-0.05, 0) is 17.0 Å². The molecule has 0 radical (unpaired) electrons. The van der Waals surface area contributed by atoms with Crippen LogP contribution in [0.2, 0.25) is 0 Å². The van der Waals surface area contributed by atoms with Crippen molar-refractivity contribution in [2.45, 2.75) is 32.7 Å². The van der Waals surface area contributed by atoms with Crippen molar-refractivity contribution in [2.75, 3.05) is 20.3 Å². The molecule has 0 atom stereocenters. The van der Waals surface area contributed by atoms with Gasteiger partial charge < -0.3 is 14.5 Å². The lowest BCUT2D eigenvalue weighted by atomic mass is 9.84. The molecule has 0 unspecified atom stereocenters. The van der Waals surface area contributed by atoms with Crippen LogP contribution in [0.3, 0.4) is 0 Å². The highest BCUT2D eigenvalue weighted by Gasteiger charge is 2.20. The molecule has 0 aliphatic carbocycles. The fraction of sp³-hybridized carbons (Fsp3) is 0.471. The Morgan fingerprint density at radius 3 is 2.71 bits per heavy atom. The van der Waals surface area contributed by atoms with E-state index >= 15 is 0 Å². The number of oxazole rings is 1. The predicted octanol–water partition coefficient (Wildman–Crippen LogP) is 3.38. The maximum absolute atomic E-state index is 5.66. The maximum atomic E-state index is 5.66. The van der Waals surface area contributed by atoms with Crippen LogP contribution in [0.15, 0.2) is 34.9 Å². The van der Waals surface area contributed by atoms with Crippen LogP contribution in [0.25, 0.3) is 11.5 Å². The van der Waals surface area contributed by atoms with Crippen molar-refractivity contribution in [3.63, 3.8) is 0 Å². The van der Waals surface area contributed by atoms with E-state index < -0.39 is 0 Å². The Morgan fingerprint density at radius 1 is 1.24 bits per heavy atom. The van der Waals surface area contributed by atoms with Gasteiger partial charge in [-0.2, -0.15) is 0 Å². The number of hydrogen-bond acceptors (Lipinski definition) is 4. The van der Waals surface area contributed by atoms with Crippen LogP contribution >= 0.6 is 0 Å². The van der Waals surface area contributed by atoms with Crippen molar-refractivity contribution in [1.29, 1.82) is 0 Å². The highest BCUT2D eigenvalue weighted by atomic mass is 16.5. The zero-order chi connectivity index (χ0) is 15.3. The van der Waals surface area contributed by atoms with Crippen molar-refractivity contribution in [1.82, 2.24) is 10.3 Å². The highest BCUT2D eigenvalue weighted by Crippen LogP contribution is 2.32. The zero-order valence-electron chi connectivity index (χ0n) is 13.3. The Morgan fingerprint density at radius 2 is 2.00 bits per heavy atom. The van der Waals surface area contributed by atoms with Gasteiger partial charge in [-0.15, -0.1) is 0 Å². The van der Waals surface area contributed by atoms with Gasteiger partial charge in [0.05, 0.1) is 12.3 Å². The first-order valence-corrected chi connectivity index (χ1v) is 7.26. The molecule has 0 amide bonds. The van der Waals surface area contributed by atoms with Crippen LogP contribution in [-0.4, -0.2) is 25.2 Å². The molecule has 0 fully saturated rings. The minimum Gasteiger partial charge on any atom is -0.444 e. The lowest BCUT2D eigenvalue weighted by Crippen LogP contribution is -2.18. The molecule has 0 aliphatic heterocycles. The number of nitrogens with zero attached hydrogens (tertiary/aromatic N) is 1. The van der Waals surface area contributed by atoms with Crippen molar-refractivity contribution in [3.05, 3.63) is 41.8 Å². The van der Waals surface area contributed by atoms with Gasteiger partial charge in [-0.3, -0.25) is 0 Å². The fourth-order valence-corrected chi connectivity index (χ4v) is 2.23. The molecule has 114 valence electrons. The molecule has 0 saturated carbocycles. The van der Waals surface area contributed by atoms with Gasteiger partial charge in [-0.1, -0.05) is 39.0 Å². The molecule has 1 N–H and O–H groups in total. The van der Waals surface area contributed by atoms with Gasteiger partial charge in [-0.25, -0.2) is 4.98 Å². The summed E-state index contributed by atoms with van der Waals surface area (Å²) in [5.74, 6) is 0.684. The van der Waals surface area contributed by atoms with E-state index in [-0.39, 0.29) is 5.41 Å².